The van der Waals surface area contributed by atoms with Gasteiger partial charge in [0, 0.05) is 23.5 Å². The van der Waals surface area contributed by atoms with Gasteiger partial charge in [-0.25, -0.2) is 9.97 Å². The lowest BCUT2D eigenvalue weighted by molar-refractivity contribution is 1.18. The largest absolute Gasteiger partial charge is 0.264 e. The molecule has 0 bridgehead atoms. The van der Waals surface area contributed by atoms with Crippen molar-refractivity contribution in [3.63, 3.8) is 0 Å². The van der Waals surface area contributed by atoms with Crippen LogP contribution >= 0.6 is 0 Å². The first-order chi connectivity index (χ1) is 17.2. The molecule has 2 aromatic heterocycles. The number of benzene rings is 3. The second-order valence-electron chi connectivity index (χ2n) is 8.32. The Kier molecular flexibility index (Phi) is 6.40. The van der Waals surface area contributed by atoms with E-state index < -0.39 is 0 Å². The molecule has 0 aliphatic rings. The van der Waals surface area contributed by atoms with Crippen molar-refractivity contribution < 1.29 is 0 Å². The second kappa shape index (κ2) is 10.1. The van der Waals surface area contributed by atoms with Gasteiger partial charge < -0.3 is 0 Å². The molecule has 0 radical (unpaired) electrons. The lowest BCUT2D eigenvalue weighted by atomic mass is 9.94. The molecular formula is C32H25N3. The van der Waals surface area contributed by atoms with Gasteiger partial charge in [0.05, 0.1) is 11.4 Å². The Labute approximate surface area is 206 Å². The number of pyridine rings is 1. The Morgan fingerprint density at radius 1 is 0.686 bits per heavy atom. The number of allylic oxidation sites excluding steroid dienone is 2. The van der Waals surface area contributed by atoms with Gasteiger partial charge in [0.25, 0.3) is 0 Å². The first-order valence-corrected chi connectivity index (χ1v) is 11.6. The molecule has 0 aliphatic heterocycles. The minimum absolute atomic E-state index is 0.896. The molecule has 168 valence electrons. The van der Waals surface area contributed by atoms with Gasteiger partial charge >= 0.3 is 0 Å². The Hall–Kier alpha value is -4.63. The van der Waals surface area contributed by atoms with E-state index in [0.717, 1.165) is 33.6 Å². The van der Waals surface area contributed by atoms with E-state index in [1.54, 1.807) is 18.6 Å². The zero-order valence-corrected chi connectivity index (χ0v) is 19.6. The van der Waals surface area contributed by atoms with Crippen molar-refractivity contribution in [3.05, 3.63) is 134 Å². The monoisotopic (exact) mass is 451 g/mol. The number of aryl methyl sites for hydroxylation is 1. The van der Waals surface area contributed by atoms with E-state index in [1.165, 1.54) is 22.3 Å². The predicted molar refractivity (Wildman–Crippen MR) is 146 cm³/mol. The fraction of sp³-hybridized carbons (Fsp3) is 0.0312. The molecule has 3 nitrogen and oxygen atoms in total. The third-order valence-electron chi connectivity index (χ3n) is 6.06. The average molecular weight is 452 g/mol. The van der Waals surface area contributed by atoms with Crippen LogP contribution < -0.4 is 0 Å². The number of aromatic nitrogens is 3. The van der Waals surface area contributed by atoms with Crippen molar-refractivity contribution in [2.24, 2.45) is 0 Å². The van der Waals surface area contributed by atoms with E-state index in [0.29, 0.717) is 0 Å². The molecule has 2 heterocycles. The zero-order valence-electron chi connectivity index (χ0n) is 19.6. The van der Waals surface area contributed by atoms with Crippen molar-refractivity contribution in [2.45, 2.75) is 6.92 Å². The predicted octanol–water partition coefficient (Wildman–Crippen LogP) is 8.05. The first-order valence-electron chi connectivity index (χ1n) is 11.6. The van der Waals surface area contributed by atoms with Gasteiger partial charge in [-0.15, -0.1) is 0 Å². The Morgan fingerprint density at radius 2 is 1.34 bits per heavy atom. The van der Waals surface area contributed by atoms with Gasteiger partial charge in [-0.05, 0) is 52.4 Å². The summed E-state index contributed by atoms with van der Waals surface area (Å²) in [6.45, 7) is 5.93. The molecule has 0 amide bonds. The standard InChI is InChI=1S/C32H25N3/c1-3-4-9-29-23(2)7-5-10-30(29)25-13-17-27(18-14-25)32-20-31(34-22-35-32)26-15-11-24(12-16-26)28-8-6-19-33-21-28/h3-22H,1H2,2H3/b9-4-. The van der Waals surface area contributed by atoms with E-state index >= 15 is 0 Å². The third kappa shape index (κ3) is 4.85. The van der Waals surface area contributed by atoms with Crippen LogP contribution in [0.25, 0.3) is 50.8 Å². The van der Waals surface area contributed by atoms with E-state index in [4.69, 9.17) is 0 Å². The number of hydrogen-bond donors (Lipinski definition) is 0. The highest BCUT2D eigenvalue weighted by Crippen LogP contribution is 2.30. The maximum Gasteiger partial charge on any atom is 0.116 e. The fourth-order valence-electron chi connectivity index (χ4n) is 4.18. The molecule has 3 aromatic carbocycles. The van der Waals surface area contributed by atoms with Gasteiger partial charge in [0.2, 0.25) is 0 Å². The maximum absolute atomic E-state index is 4.53. The first kappa shape index (κ1) is 22.2. The van der Waals surface area contributed by atoms with Crippen LogP contribution in [0.4, 0.5) is 0 Å². The molecule has 0 N–H and O–H groups in total. The van der Waals surface area contributed by atoms with Crippen LogP contribution in [0, 0.1) is 6.92 Å². The van der Waals surface area contributed by atoms with Crippen LogP contribution in [0.1, 0.15) is 11.1 Å². The van der Waals surface area contributed by atoms with Crippen LogP contribution in [0.3, 0.4) is 0 Å². The summed E-state index contributed by atoms with van der Waals surface area (Å²) in [4.78, 5) is 13.3. The molecule has 0 fully saturated rings. The lowest BCUT2D eigenvalue weighted by Gasteiger charge is -2.11. The Morgan fingerprint density at radius 3 is 1.97 bits per heavy atom. The van der Waals surface area contributed by atoms with Crippen LogP contribution in [0.5, 0.6) is 0 Å². The van der Waals surface area contributed by atoms with E-state index in [2.05, 4.69) is 107 Å². The molecule has 5 aromatic rings. The Balaban J connectivity index is 1.42. The van der Waals surface area contributed by atoms with Gasteiger partial charge in [-0.1, -0.05) is 97.6 Å². The van der Waals surface area contributed by atoms with Crippen molar-refractivity contribution >= 4 is 6.08 Å². The van der Waals surface area contributed by atoms with E-state index in [-0.39, 0.29) is 0 Å². The second-order valence-corrected chi connectivity index (χ2v) is 8.32. The summed E-state index contributed by atoms with van der Waals surface area (Å²) in [6, 6.07) is 29.4. The minimum atomic E-state index is 0.896. The molecule has 0 spiro atoms. The Bertz CT molecular complexity index is 1480. The lowest BCUT2D eigenvalue weighted by Crippen LogP contribution is -1.91. The fourth-order valence-corrected chi connectivity index (χ4v) is 4.18. The molecule has 0 saturated heterocycles. The average Bonchev–Trinajstić information content (AvgIpc) is 2.93. The topological polar surface area (TPSA) is 38.7 Å². The van der Waals surface area contributed by atoms with Crippen LogP contribution in [-0.2, 0) is 0 Å². The molecular weight excluding hydrogens is 426 g/mol. The van der Waals surface area contributed by atoms with E-state index in [1.807, 2.05) is 24.4 Å². The van der Waals surface area contributed by atoms with Crippen molar-refractivity contribution in [1.29, 1.82) is 0 Å². The van der Waals surface area contributed by atoms with Crippen LogP contribution in [0.2, 0.25) is 0 Å². The quantitative estimate of drug-likeness (QED) is 0.245. The maximum atomic E-state index is 4.53. The summed E-state index contributed by atoms with van der Waals surface area (Å²) in [5.74, 6) is 0. The van der Waals surface area contributed by atoms with Gasteiger partial charge in [-0.3, -0.25) is 4.98 Å². The van der Waals surface area contributed by atoms with Crippen molar-refractivity contribution in [2.75, 3.05) is 0 Å². The smallest absolute Gasteiger partial charge is 0.116 e. The van der Waals surface area contributed by atoms with E-state index in [9.17, 15) is 0 Å². The minimum Gasteiger partial charge on any atom is -0.264 e. The number of hydrogen-bond acceptors (Lipinski definition) is 3. The molecule has 0 aliphatic carbocycles. The van der Waals surface area contributed by atoms with Crippen molar-refractivity contribution in [1.82, 2.24) is 15.0 Å². The highest BCUT2D eigenvalue weighted by Gasteiger charge is 2.08. The zero-order chi connectivity index (χ0) is 24.0. The summed E-state index contributed by atoms with van der Waals surface area (Å²) in [5.41, 5.74) is 10.9. The number of rotatable bonds is 6. The van der Waals surface area contributed by atoms with Gasteiger partial charge in [0.15, 0.2) is 0 Å². The molecule has 0 saturated carbocycles. The molecule has 0 atom stereocenters. The number of nitrogens with zero attached hydrogens (tertiary/aromatic N) is 3. The summed E-state index contributed by atoms with van der Waals surface area (Å²) in [5, 5.41) is 0. The van der Waals surface area contributed by atoms with Crippen LogP contribution in [-0.4, -0.2) is 15.0 Å². The summed E-state index contributed by atoms with van der Waals surface area (Å²) < 4.78 is 0. The summed E-state index contributed by atoms with van der Waals surface area (Å²) in [7, 11) is 0. The molecule has 0 unspecified atom stereocenters. The van der Waals surface area contributed by atoms with Crippen molar-refractivity contribution in [3.8, 4) is 44.8 Å². The SMILES string of the molecule is C=C/C=C\c1c(C)cccc1-c1ccc(-c2cc(-c3ccc(-c4cccnc4)cc3)ncn2)cc1. The summed E-state index contributed by atoms with van der Waals surface area (Å²) in [6.07, 6.45) is 11.2. The normalized spacial score (nSPS) is 11.0. The van der Waals surface area contributed by atoms with Gasteiger partial charge in [0.1, 0.15) is 6.33 Å². The highest BCUT2D eigenvalue weighted by atomic mass is 14.8. The molecule has 35 heavy (non-hydrogen) atoms. The third-order valence-corrected chi connectivity index (χ3v) is 6.06. The van der Waals surface area contributed by atoms with Crippen LogP contribution in [0.15, 0.2) is 122 Å². The highest BCUT2D eigenvalue weighted by molar-refractivity contribution is 5.79. The molecule has 5 rings (SSSR count). The summed E-state index contributed by atoms with van der Waals surface area (Å²) >= 11 is 0. The molecule has 3 heteroatoms. The van der Waals surface area contributed by atoms with Gasteiger partial charge in [-0.2, -0.15) is 0 Å².